The van der Waals surface area contributed by atoms with Crippen LogP contribution in [0.1, 0.15) is 33.3 Å². The van der Waals surface area contributed by atoms with E-state index >= 15 is 0 Å². The number of hydrogen-bond acceptors (Lipinski definition) is 2. The Balaban J connectivity index is 3.03. The summed E-state index contributed by atoms with van der Waals surface area (Å²) in [6.45, 7) is 6.46. The van der Waals surface area contributed by atoms with Crippen LogP contribution in [-0.4, -0.2) is 18.7 Å². The molecule has 0 spiro atoms. The van der Waals surface area contributed by atoms with Gasteiger partial charge in [-0.2, -0.15) is 13.2 Å². The summed E-state index contributed by atoms with van der Waals surface area (Å²) in [5, 5.41) is 0. The van der Waals surface area contributed by atoms with Gasteiger partial charge in [0.25, 0.3) is 0 Å². The molecule has 122 valence electrons. The lowest BCUT2D eigenvalue weighted by Crippen LogP contribution is -2.45. The maximum Gasteiger partial charge on any atom is 0.416 e. The van der Waals surface area contributed by atoms with Gasteiger partial charge in [-0.15, -0.1) is 0 Å². The number of Topliss-reactive ketones (excluding diaryl/α,β-unsaturated/α-hetero) is 1. The van der Waals surface area contributed by atoms with E-state index in [1.807, 2.05) is 0 Å². The Bertz CT molecular complexity index is 560. The fraction of sp³-hybridized carbons (Fsp3) is 0.500. The van der Waals surface area contributed by atoms with E-state index in [0.717, 1.165) is 12.1 Å². The van der Waals surface area contributed by atoms with Gasteiger partial charge in [-0.1, -0.05) is 13.8 Å². The highest BCUT2D eigenvalue weighted by atomic mass is 19.4. The number of hydrogen-bond donors (Lipinski definition) is 0. The predicted octanol–water partition coefficient (Wildman–Crippen LogP) is 3.92. The number of ketones is 1. The van der Waals surface area contributed by atoms with E-state index in [1.54, 1.807) is 13.8 Å². The number of alkyl halides is 3. The van der Waals surface area contributed by atoms with Crippen LogP contribution >= 0.6 is 0 Å². The van der Waals surface area contributed by atoms with Crippen molar-refractivity contribution in [2.24, 2.45) is 11.3 Å². The van der Waals surface area contributed by atoms with Crippen molar-refractivity contribution in [1.82, 2.24) is 0 Å². The molecule has 0 saturated heterocycles. The highest BCUT2D eigenvalue weighted by Crippen LogP contribution is 2.31. The molecule has 1 amide bonds. The Morgan fingerprint density at radius 1 is 1.05 bits per heavy atom. The Morgan fingerprint density at radius 3 is 1.86 bits per heavy atom. The Labute approximate surface area is 128 Å². The lowest BCUT2D eigenvalue weighted by Gasteiger charge is -2.29. The number of carbonyl (C=O) groups excluding carboxylic acids is 2. The van der Waals surface area contributed by atoms with E-state index in [1.165, 1.54) is 37.9 Å². The third-order valence-corrected chi connectivity index (χ3v) is 3.56. The molecule has 22 heavy (non-hydrogen) atoms. The van der Waals surface area contributed by atoms with Crippen LogP contribution in [0.3, 0.4) is 0 Å². The third-order valence-electron chi connectivity index (χ3n) is 3.56. The van der Waals surface area contributed by atoms with Crippen LogP contribution in [0.25, 0.3) is 0 Å². The molecule has 6 heteroatoms. The molecule has 0 bridgehead atoms. The predicted molar refractivity (Wildman–Crippen MR) is 78.5 cm³/mol. The number of carbonyl (C=O) groups is 2. The summed E-state index contributed by atoms with van der Waals surface area (Å²) in [6, 6.07) is 4.26. The van der Waals surface area contributed by atoms with E-state index in [0.29, 0.717) is 5.69 Å². The van der Waals surface area contributed by atoms with Crippen molar-refractivity contribution in [2.75, 3.05) is 11.9 Å². The summed E-state index contributed by atoms with van der Waals surface area (Å²) in [4.78, 5) is 25.8. The monoisotopic (exact) mass is 315 g/mol. The molecule has 0 N–H and O–H groups in total. The van der Waals surface area contributed by atoms with Crippen molar-refractivity contribution in [2.45, 2.75) is 33.9 Å². The Hall–Kier alpha value is -1.85. The molecule has 0 radical (unpaired) electrons. The number of benzene rings is 1. The lowest BCUT2D eigenvalue weighted by atomic mass is 9.81. The number of nitrogens with zero attached hydrogens (tertiary/aromatic N) is 1. The second kappa shape index (κ2) is 6.10. The van der Waals surface area contributed by atoms with Crippen LogP contribution in [-0.2, 0) is 15.8 Å². The van der Waals surface area contributed by atoms with Crippen molar-refractivity contribution in [3.63, 3.8) is 0 Å². The first-order valence-corrected chi connectivity index (χ1v) is 6.88. The minimum absolute atomic E-state index is 0.212. The van der Waals surface area contributed by atoms with Crippen molar-refractivity contribution in [1.29, 1.82) is 0 Å². The zero-order valence-corrected chi connectivity index (χ0v) is 13.3. The minimum Gasteiger partial charge on any atom is -0.315 e. The van der Waals surface area contributed by atoms with E-state index < -0.39 is 23.1 Å². The molecule has 0 aromatic heterocycles. The molecule has 1 rings (SSSR count). The van der Waals surface area contributed by atoms with Crippen molar-refractivity contribution >= 4 is 17.4 Å². The first-order valence-electron chi connectivity index (χ1n) is 6.88. The fourth-order valence-corrected chi connectivity index (χ4v) is 2.24. The smallest absolute Gasteiger partial charge is 0.315 e. The number of halogens is 3. The summed E-state index contributed by atoms with van der Waals surface area (Å²) >= 11 is 0. The quantitative estimate of drug-likeness (QED) is 0.790. The van der Waals surface area contributed by atoms with Gasteiger partial charge < -0.3 is 4.90 Å². The molecular weight excluding hydrogens is 295 g/mol. The molecule has 0 atom stereocenters. The molecule has 0 fully saturated rings. The van der Waals surface area contributed by atoms with Gasteiger partial charge in [0.05, 0.1) is 5.56 Å². The van der Waals surface area contributed by atoms with Gasteiger partial charge in [0.2, 0.25) is 5.91 Å². The van der Waals surface area contributed by atoms with E-state index in [-0.39, 0.29) is 11.7 Å². The van der Waals surface area contributed by atoms with Gasteiger partial charge in [0.1, 0.15) is 11.2 Å². The molecule has 0 aliphatic heterocycles. The maximum absolute atomic E-state index is 12.5. The highest BCUT2D eigenvalue weighted by molar-refractivity contribution is 6.11. The number of amides is 1. The van der Waals surface area contributed by atoms with Crippen LogP contribution in [0.5, 0.6) is 0 Å². The molecule has 0 heterocycles. The average Bonchev–Trinajstić information content (AvgIpc) is 2.43. The van der Waals surface area contributed by atoms with Gasteiger partial charge in [0, 0.05) is 18.7 Å². The molecule has 0 aliphatic carbocycles. The summed E-state index contributed by atoms with van der Waals surface area (Å²) in [6.07, 6.45) is -4.42. The Kier molecular flexibility index (Phi) is 5.05. The van der Waals surface area contributed by atoms with Gasteiger partial charge in [-0.05, 0) is 38.1 Å². The van der Waals surface area contributed by atoms with Crippen LogP contribution in [0, 0.1) is 11.3 Å². The van der Waals surface area contributed by atoms with Crippen molar-refractivity contribution in [3.8, 4) is 0 Å². The van der Waals surface area contributed by atoms with Crippen LogP contribution in [0.2, 0.25) is 0 Å². The second-order valence-electron chi connectivity index (χ2n) is 6.05. The molecule has 0 unspecified atom stereocenters. The highest BCUT2D eigenvalue weighted by Gasteiger charge is 2.39. The fourth-order valence-electron chi connectivity index (χ4n) is 2.24. The maximum atomic E-state index is 12.5. The Morgan fingerprint density at radius 2 is 1.50 bits per heavy atom. The molecule has 1 aromatic rings. The van der Waals surface area contributed by atoms with Crippen molar-refractivity contribution in [3.05, 3.63) is 29.8 Å². The molecule has 0 aliphatic rings. The van der Waals surface area contributed by atoms with Crippen LogP contribution < -0.4 is 4.90 Å². The van der Waals surface area contributed by atoms with Crippen molar-refractivity contribution < 1.29 is 22.8 Å². The normalized spacial score (nSPS) is 12.4. The standard InChI is InChI=1S/C16H20F3NO2/c1-10(2)13(21)15(3,4)14(22)20(5)12-8-6-11(7-9-12)16(17,18)19/h6-10H,1-5H3. The van der Waals surface area contributed by atoms with Gasteiger partial charge in [0.15, 0.2) is 0 Å². The summed E-state index contributed by atoms with van der Waals surface area (Å²) in [7, 11) is 1.44. The van der Waals surface area contributed by atoms with Crippen LogP contribution in [0.15, 0.2) is 24.3 Å². The molecule has 1 aromatic carbocycles. The van der Waals surface area contributed by atoms with Gasteiger partial charge in [-0.3, -0.25) is 9.59 Å². The first kappa shape index (κ1) is 18.2. The molecule has 0 saturated carbocycles. The van der Waals surface area contributed by atoms with Gasteiger partial charge >= 0.3 is 6.18 Å². The summed E-state index contributed by atoms with van der Waals surface area (Å²) in [5.41, 5.74) is -1.71. The van der Waals surface area contributed by atoms with Crippen LogP contribution in [0.4, 0.5) is 18.9 Å². The summed E-state index contributed by atoms with van der Waals surface area (Å²) in [5.74, 6) is -0.970. The van der Waals surface area contributed by atoms with E-state index in [9.17, 15) is 22.8 Å². The largest absolute Gasteiger partial charge is 0.416 e. The zero-order chi connectivity index (χ0) is 17.3. The number of anilines is 1. The van der Waals surface area contributed by atoms with Gasteiger partial charge in [-0.25, -0.2) is 0 Å². The minimum atomic E-state index is -4.42. The third kappa shape index (κ3) is 3.67. The SMILES string of the molecule is CC(C)C(=O)C(C)(C)C(=O)N(C)c1ccc(C(F)(F)F)cc1. The second-order valence-corrected chi connectivity index (χ2v) is 6.05. The molecular formula is C16H20F3NO2. The topological polar surface area (TPSA) is 37.4 Å². The zero-order valence-electron chi connectivity index (χ0n) is 13.3. The average molecular weight is 315 g/mol. The van der Waals surface area contributed by atoms with E-state index in [4.69, 9.17) is 0 Å². The first-order chi connectivity index (χ1) is 9.89. The summed E-state index contributed by atoms with van der Waals surface area (Å²) < 4.78 is 37.6. The molecule has 3 nitrogen and oxygen atoms in total. The number of rotatable bonds is 4. The van der Waals surface area contributed by atoms with E-state index in [2.05, 4.69) is 0 Å². The lowest BCUT2D eigenvalue weighted by molar-refractivity contribution is -0.140.